The molecule has 0 fully saturated rings. The fourth-order valence-corrected chi connectivity index (χ4v) is 0.854. The van der Waals surface area contributed by atoms with E-state index in [0.717, 1.165) is 0 Å². The predicted octanol–water partition coefficient (Wildman–Crippen LogP) is 1.22. The van der Waals surface area contributed by atoms with Gasteiger partial charge in [-0.2, -0.15) is 0 Å². The Morgan fingerprint density at radius 3 is 2.55 bits per heavy atom. The molecule has 1 atom stereocenters. The number of rotatable bonds is 5. The van der Waals surface area contributed by atoms with Crippen molar-refractivity contribution >= 4 is 5.97 Å². The van der Waals surface area contributed by atoms with Crippen molar-refractivity contribution in [1.82, 2.24) is 5.32 Å². The Labute approximate surface area is 67.1 Å². The van der Waals surface area contributed by atoms with E-state index in [-0.39, 0.29) is 0 Å². The van der Waals surface area contributed by atoms with Gasteiger partial charge in [0.2, 0.25) is 0 Å². The molecule has 0 heterocycles. The maximum Gasteiger partial charge on any atom is 0.326 e. The average Bonchev–Trinajstić information content (AvgIpc) is 1.86. The van der Waals surface area contributed by atoms with Crippen LogP contribution in [-0.2, 0) is 4.79 Å². The first-order valence-corrected chi connectivity index (χ1v) is 3.67. The molecule has 0 aliphatic rings. The summed E-state index contributed by atoms with van der Waals surface area (Å²) in [6.07, 6.45) is 2.04. The second kappa shape index (κ2) is 4.77. The summed E-state index contributed by atoms with van der Waals surface area (Å²) >= 11 is 0. The Balaban J connectivity index is 3.88. The highest BCUT2D eigenvalue weighted by atomic mass is 16.4. The van der Waals surface area contributed by atoms with Crippen LogP contribution in [0.15, 0.2) is 12.8 Å². The number of nitrogens with one attached hydrogen (secondary N) is 1. The molecule has 0 unspecified atom stereocenters. The van der Waals surface area contributed by atoms with Crippen LogP contribution in [-0.4, -0.2) is 17.1 Å². The lowest BCUT2D eigenvalue weighted by atomic mass is 10.0. The summed E-state index contributed by atoms with van der Waals surface area (Å²) in [7, 11) is 0. The van der Waals surface area contributed by atoms with E-state index in [9.17, 15) is 4.79 Å². The molecule has 64 valence electrons. The van der Waals surface area contributed by atoms with Gasteiger partial charge in [0.15, 0.2) is 0 Å². The van der Waals surface area contributed by atoms with Crippen molar-refractivity contribution in [2.75, 3.05) is 0 Å². The molecule has 0 aliphatic carbocycles. The third-order valence-electron chi connectivity index (χ3n) is 1.32. The quantitative estimate of drug-likeness (QED) is 0.630. The summed E-state index contributed by atoms with van der Waals surface area (Å²) in [6, 6.07) is -0.493. The molecule has 3 nitrogen and oxygen atoms in total. The van der Waals surface area contributed by atoms with Gasteiger partial charge in [-0.3, -0.25) is 0 Å². The van der Waals surface area contributed by atoms with Crippen LogP contribution in [0.5, 0.6) is 0 Å². The van der Waals surface area contributed by atoms with Gasteiger partial charge in [0.25, 0.3) is 0 Å². The predicted molar refractivity (Wildman–Crippen MR) is 44.2 cm³/mol. The van der Waals surface area contributed by atoms with E-state index in [1.54, 1.807) is 0 Å². The Morgan fingerprint density at radius 1 is 1.73 bits per heavy atom. The minimum absolute atomic E-state index is 0.378. The van der Waals surface area contributed by atoms with Crippen molar-refractivity contribution in [3.05, 3.63) is 12.8 Å². The van der Waals surface area contributed by atoms with Gasteiger partial charge in [-0.25, -0.2) is 4.79 Å². The number of aliphatic carboxylic acids is 1. The maximum atomic E-state index is 10.5. The topological polar surface area (TPSA) is 49.3 Å². The zero-order valence-corrected chi connectivity index (χ0v) is 7.00. The van der Waals surface area contributed by atoms with Crippen LogP contribution in [0.1, 0.15) is 20.3 Å². The molecular formula is C8H15NO2. The summed E-state index contributed by atoms with van der Waals surface area (Å²) in [5.74, 6) is -0.442. The third-order valence-corrected chi connectivity index (χ3v) is 1.32. The van der Waals surface area contributed by atoms with Crippen LogP contribution in [0.2, 0.25) is 0 Å². The number of hydrogen-bond acceptors (Lipinski definition) is 2. The largest absolute Gasteiger partial charge is 0.480 e. The Bertz CT molecular complexity index is 143. The van der Waals surface area contributed by atoms with Crippen LogP contribution < -0.4 is 5.32 Å². The van der Waals surface area contributed by atoms with Crippen LogP contribution in [0.4, 0.5) is 0 Å². The second-order valence-electron chi connectivity index (χ2n) is 2.89. The molecule has 0 aromatic rings. The number of hydrogen-bond donors (Lipinski definition) is 2. The molecule has 0 saturated heterocycles. The molecule has 2 N–H and O–H groups in total. The Kier molecular flexibility index (Phi) is 4.34. The van der Waals surface area contributed by atoms with E-state index in [0.29, 0.717) is 12.3 Å². The maximum absolute atomic E-state index is 10.5. The van der Waals surface area contributed by atoms with E-state index in [4.69, 9.17) is 5.11 Å². The van der Waals surface area contributed by atoms with E-state index >= 15 is 0 Å². The fourth-order valence-electron chi connectivity index (χ4n) is 0.854. The van der Waals surface area contributed by atoms with Gasteiger partial charge in [0.05, 0.1) is 0 Å². The van der Waals surface area contributed by atoms with Gasteiger partial charge in [0.1, 0.15) is 6.04 Å². The fraction of sp³-hybridized carbons (Fsp3) is 0.625. The smallest absolute Gasteiger partial charge is 0.326 e. The van der Waals surface area contributed by atoms with E-state index in [2.05, 4.69) is 11.9 Å². The van der Waals surface area contributed by atoms with Crippen LogP contribution in [0.25, 0.3) is 0 Å². The number of carboxylic acid groups (broad SMARTS) is 1. The van der Waals surface area contributed by atoms with Crippen molar-refractivity contribution in [2.24, 2.45) is 5.92 Å². The standard InChI is InChI=1S/C8H15NO2/c1-4-9-7(8(10)11)5-6(2)3/h4,6-7,9H,1,5H2,2-3H3,(H,10,11)/t7-/m0/s1. The van der Waals surface area contributed by atoms with Gasteiger partial charge in [-0.1, -0.05) is 20.4 Å². The average molecular weight is 157 g/mol. The number of carbonyl (C=O) groups is 1. The summed E-state index contributed by atoms with van der Waals surface area (Å²) in [5.41, 5.74) is 0. The van der Waals surface area contributed by atoms with E-state index in [1.165, 1.54) is 6.20 Å². The lowest BCUT2D eigenvalue weighted by Gasteiger charge is -2.13. The van der Waals surface area contributed by atoms with E-state index in [1.807, 2.05) is 13.8 Å². The van der Waals surface area contributed by atoms with Gasteiger partial charge in [0, 0.05) is 0 Å². The van der Waals surface area contributed by atoms with Gasteiger partial charge >= 0.3 is 5.97 Å². The zero-order chi connectivity index (χ0) is 8.85. The molecule has 0 saturated carbocycles. The molecule has 0 aromatic carbocycles. The van der Waals surface area contributed by atoms with Gasteiger partial charge < -0.3 is 10.4 Å². The SMILES string of the molecule is C=CN[C@@H](CC(C)C)C(=O)O. The zero-order valence-electron chi connectivity index (χ0n) is 7.00. The summed E-state index contributed by atoms with van der Waals surface area (Å²) in [6.45, 7) is 7.39. The molecule has 11 heavy (non-hydrogen) atoms. The summed E-state index contributed by atoms with van der Waals surface area (Å²) < 4.78 is 0. The van der Waals surface area contributed by atoms with Crippen molar-refractivity contribution < 1.29 is 9.90 Å². The van der Waals surface area contributed by atoms with Crippen LogP contribution in [0, 0.1) is 5.92 Å². The molecule has 0 amide bonds. The second-order valence-corrected chi connectivity index (χ2v) is 2.89. The van der Waals surface area contributed by atoms with Crippen LogP contribution >= 0.6 is 0 Å². The highest BCUT2D eigenvalue weighted by molar-refractivity contribution is 5.73. The minimum Gasteiger partial charge on any atom is -0.480 e. The first kappa shape index (κ1) is 10.0. The minimum atomic E-state index is -0.821. The molecule has 0 aliphatic heterocycles. The monoisotopic (exact) mass is 157 g/mol. The summed E-state index contributed by atoms with van der Waals surface area (Å²) in [4.78, 5) is 10.5. The molecule has 0 bridgehead atoms. The highest BCUT2D eigenvalue weighted by Crippen LogP contribution is 2.04. The Hall–Kier alpha value is -0.990. The molecule has 0 aromatic heterocycles. The molecule has 0 radical (unpaired) electrons. The highest BCUT2D eigenvalue weighted by Gasteiger charge is 2.15. The molecular weight excluding hydrogens is 142 g/mol. The normalized spacial score (nSPS) is 12.6. The molecule has 0 spiro atoms. The van der Waals surface area contributed by atoms with E-state index < -0.39 is 12.0 Å². The molecule has 3 heteroatoms. The van der Waals surface area contributed by atoms with Gasteiger partial charge in [-0.15, -0.1) is 0 Å². The summed E-state index contributed by atoms with van der Waals surface area (Å²) in [5, 5.41) is 11.3. The lowest BCUT2D eigenvalue weighted by Crippen LogP contribution is -2.34. The van der Waals surface area contributed by atoms with Crippen molar-refractivity contribution in [2.45, 2.75) is 26.3 Å². The Morgan fingerprint density at radius 2 is 2.27 bits per heavy atom. The van der Waals surface area contributed by atoms with Crippen LogP contribution in [0.3, 0.4) is 0 Å². The number of carboxylic acids is 1. The lowest BCUT2D eigenvalue weighted by molar-refractivity contribution is -0.139. The molecule has 0 rings (SSSR count). The first-order valence-electron chi connectivity index (χ1n) is 3.67. The van der Waals surface area contributed by atoms with Gasteiger partial charge in [-0.05, 0) is 18.5 Å². The van der Waals surface area contributed by atoms with Crippen molar-refractivity contribution in [1.29, 1.82) is 0 Å². The first-order chi connectivity index (χ1) is 5.07. The van der Waals surface area contributed by atoms with Crippen molar-refractivity contribution in [3.8, 4) is 0 Å². The third kappa shape index (κ3) is 4.42. The van der Waals surface area contributed by atoms with Crippen molar-refractivity contribution in [3.63, 3.8) is 0 Å².